The van der Waals surface area contributed by atoms with Gasteiger partial charge in [-0.05, 0) is 85.9 Å². The number of aromatic nitrogens is 4. The lowest BCUT2D eigenvalue weighted by Crippen LogP contribution is -2.29. The van der Waals surface area contributed by atoms with Crippen LogP contribution < -0.4 is 10.1 Å². The zero-order valence-corrected chi connectivity index (χ0v) is 22.4. The molecule has 0 atom stereocenters. The monoisotopic (exact) mass is 535 g/mol. The predicted octanol–water partition coefficient (Wildman–Crippen LogP) is 4.46. The van der Waals surface area contributed by atoms with Crippen molar-refractivity contribution < 1.29 is 13.2 Å². The Morgan fingerprint density at radius 1 is 1.08 bits per heavy atom. The number of benzene rings is 2. The van der Waals surface area contributed by atoms with Crippen molar-refractivity contribution in [3.63, 3.8) is 0 Å². The summed E-state index contributed by atoms with van der Waals surface area (Å²) in [5.74, 6) is 1.44. The topological polar surface area (TPSA) is 99.0 Å². The number of nitrogens with zero attached hydrogens (tertiary/aromatic N) is 4. The molecule has 0 spiro atoms. The number of pyridine rings is 1. The van der Waals surface area contributed by atoms with Crippen molar-refractivity contribution >= 4 is 21.6 Å². The third kappa shape index (κ3) is 6.03. The van der Waals surface area contributed by atoms with Gasteiger partial charge in [-0.2, -0.15) is 0 Å². The van der Waals surface area contributed by atoms with Gasteiger partial charge in [-0.1, -0.05) is 30.0 Å². The molecule has 37 heavy (non-hydrogen) atoms. The van der Waals surface area contributed by atoms with Crippen molar-refractivity contribution in [2.45, 2.75) is 41.7 Å². The van der Waals surface area contributed by atoms with E-state index in [2.05, 4.69) is 20.5 Å². The minimum absolute atomic E-state index is 0.260. The SMILES string of the molecule is Cc1cc(OCc2nnc(SC3CCNCC3)n2-c2cccnc2)ccc1-c1ccc(S(C)(=O)=O)cc1. The maximum Gasteiger partial charge on any atom is 0.196 e. The molecular formula is C27H29N5O3S2. The van der Waals surface area contributed by atoms with E-state index in [-0.39, 0.29) is 6.61 Å². The van der Waals surface area contributed by atoms with Crippen molar-refractivity contribution in [3.05, 3.63) is 78.4 Å². The number of hydrogen-bond acceptors (Lipinski definition) is 8. The Morgan fingerprint density at radius 3 is 2.54 bits per heavy atom. The molecule has 2 aromatic carbocycles. The van der Waals surface area contributed by atoms with Gasteiger partial charge in [-0.3, -0.25) is 9.55 Å². The van der Waals surface area contributed by atoms with Gasteiger partial charge in [-0.25, -0.2) is 8.42 Å². The molecule has 0 bridgehead atoms. The number of thioether (sulfide) groups is 1. The molecule has 192 valence electrons. The van der Waals surface area contributed by atoms with Gasteiger partial charge < -0.3 is 10.1 Å². The van der Waals surface area contributed by atoms with Crippen LogP contribution in [0.3, 0.4) is 0 Å². The van der Waals surface area contributed by atoms with E-state index < -0.39 is 9.84 Å². The van der Waals surface area contributed by atoms with Crippen molar-refractivity contribution in [3.8, 4) is 22.6 Å². The number of hydrogen-bond donors (Lipinski definition) is 1. The Kier molecular flexibility index (Phi) is 7.59. The predicted molar refractivity (Wildman–Crippen MR) is 145 cm³/mol. The number of ether oxygens (including phenoxy) is 1. The van der Waals surface area contributed by atoms with E-state index in [0.717, 1.165) is 59.2 Å². The van der Waals surface area contributed by atoms with E-state index >= 15 is 0 Å². The van der Waals surface area contributed by atoms with Crippen molar-refractivity contribution in [1.82, 2.24) is 25.1 Å². The smallest absolute Gasteiger partial charge is 0.196 e. The van der Waals surface area contributed by atoms with Crippen LogP contribution in [0.4, 0.5) is 0 Å². The Labute approximate surface area is 221 Å². The first-order valence-electron chi connectivity index (χ1n) is 12.1. The van der Waals surface area contributed by atoms with Gasteiger partial charge >= 0.3 is 0 Å². The summed E-state index contributed by atoms with van der Waals surface area (Å²) in [7, 11) is -3.22. The highest BCUT2D eigenvalue weighted by atomic mass is 32.2. The summed E-state index contributed by atoms with van der Waals surface area (Å²) in [6, 6.07) is 16.7. The third-order valence-electron chi connectivity index (χ3n) is 6.32. The molecule has 0 aliphatic carbocycles. The third-order valence-corrected chi connectivity index (χ3v) is 8.73. The van der Waals surface area contributed by atoms with Crippen LogP contribution >= 0.6 is 11.8 Å². The molecule has 0 radical (unpaired) electrons. The molecule has 1 aliphatic rings. The molecule has 0 amide bonds. The highest BCUT2D eigenvalue weighted by Gasteiger charge is 2.21. The second-order valence-corrected chi connectivity index (χ2v) is 12.4. The fourth-order valence-corrected chi connectivity index (χ4v) is 6.16. The Bertz CT molecular complexity index is 1470. The lowest BCUT2D eigenvalue weighted by Gasteiger charge is -2.21. The molecule has 1 aliphatic heterocycles. The Balaban J connectivity index is 1.34. The first kappa shape index (κ1) is 25.4. The molecule has 5 rings (SSSR count). The summed E-state index contributed by atoms with van der Waals surface area (Å²) in [4.78, 5) is 4.60. The minimum Gasteiger partial charge on any atom is -0.486 e. The summed E-state index contributed by atoms with van der Waals surface area (Å²) in [5, 5.41) is 13.7. The maximum atomic E-state index is 11.8. The van der Waals surface area contributed by atoms with Crippen molar-refractivity contribution in [1.29, 1.82) is 0 Å². The summed E-state index contributed by atoms with van der Waals surface area (Å²) >= 11 is 1.76. The second-order valence-electron chi connectivity index (χ2n) is 9.07. The molecule has 1 N–H and O–H groups in total. The van der Waals surface area contributed by atoms with E-state index in [1.807, 2.05) is 60.2 Å². The zero-order chi connectivity index (χ0) is 25.8. The standard InChI is InChI=1S/C27H29N5O3S2/c1-19-16-22(7-10-25(19)20-5-8-24(9-6-20)37(2,33)34)35-18-26-30-31-27(36-23-11-14-28-15-12-23)32(26)21-4-3-13-29-17-21/h3-10,13,16-17,23,28H,11-12,14-15,18H2,1-2H3. The maximum absolute atomic E-state index is 11.8. The van der Waals surface area contributed by atoms with E-state index in [0.29, 0.717) is 16.0 Å². The van der Waals surface area contributed by atoms with E-state index in [1.54, 1.807) is 30.1 Å². The summed E-state index contributed by atoms with van der Waals surface area (Å²) in [5.41, 5.74) is 3.91. The summed E-state index contributed by atoms with van der Waals surface area (Å²) < 4.78 is 31.7. The van der Waals surface area contributed by atoms with Gasteiger partial charge in [0.1, 0.15) is 12.4 Å². The van der Waals surface area contributed by atoms with Crippen LogP contribution in [0, 0.1) is 6.92 Å². The van der Waals surface area contributed by atoms with Crippen LogP contribution in [-0.4, -0.2) is 52.8 Å². The molecule has 0 unspecified atom stereocenters. The van der Waals surface area contributed by atoms with Crippen LogP contribution in [0.5, 0.6) is 5.75 Å². The van der Waals surface area contributed by atoms with E-state index in [4.69, 9.17) is 4.74 Å². The van der Waals surface area contributed by atoms with Gasteiger partial charge in [0.2, 0.25) is 0 Å². The number of piperidine rings is 1. The van der Waals surface area contributed by atoms with Gasteiger partial charge in [0.05, 0.1) is 16.8 Å². The first-order valence-corrected chi connectivity index (χ1v) is 14.9. The lowest BCUT2D eigenvalue weighted by atomic mass is 10.0. The number of rotatable bonds is 8. The average Bonchev–Trinajstić information content (AvgIpc) is 3.30. The average molecular weight is 536 g/mol. The molecular weight excluding hydrogens is 506 g/mol. The quantitative estimate of drug-likeness (QED) is 0.353. The van der Waals surface area contributed by atoms with Gasteiger partial charge in [0.15, 0.2) is 20.8 Å². The van der Waals surface area contributed by atoms with Crippen molar-refractivity contribution in [2.24, 2.45) is 0 Å². The first-order chi connectivity index (χ1) is 17.9. The second kappa shape index (κ2) is 11.0. The van der Waals surface area contributed by atoms with Crippen LogP contribution in [0.25, 0.3) is 16.8 Å². The van der Waals surface area contributed by atoms with Crippen LogP contribution in [0.1, 0.15) is 24.2 Å². The molecule has 2 aromatic heterocycles. The van der Waals surface area contributed by atoms with E-state index in [1.165, 1.54) is 6.26 Å². The molecule has 4 aromatic rings. The van der Waals surface area contributed by atoms with E-state index in [9.17, 15) is 8.42 Å². The molecule has 8 nitrogen and oxygen atoms in total. The number of sulfone groups is 1. The molecule has 1 saturated heterocycles. The summed E-state index contributed by atoms with van der Waals surface area (Å²) in [6.07, 6.45) is 6.97. The van der Waals surface area contributed by atoms with Gasteiger partial charge in [0, 0.05) is 17.7 Å². The Hall–Kier alpha value is -3.21. The highest BCUT2D eigenvalue weighted by Crippen LogP contribution is 2.31. The Morgan fingerprint density at radius 2 is 1.86 bits per heavy atom. The van der Waals surface area contributed by atoms with Crippen LogP contribution in [0.15, 0.2) is 77.0 Å². The molecule has 3 heterocycles. The molecule has 10 heteroatoms. The summed E-state index contributed by atoms with van der Waals surface area (Å²) in [6.45, 7) is 4.31. The number of aryl methyl sites for hydroxylation is 1. The normalized spacial score (nSPS) is 14.5. The molecule has 0 saturated carbocycles. The highest BCUT2D eigenvalue weighted by molar-refractivity contribution is 7.99. The minimum atomic E-state index is -3.22. The van der Waals surface area contributed by atoms with Crippen molar-refractivity contribution in [2.75, 3.05) is 19.3 Å². The van der Waals surface area contributed by atoms with Gasteiger partial charge in [-0.15, -0.1) is 10.2 Å². The van der Waals surface area contributed by atoms with Gasteiger partial charge in [0.25, 0.3) is 0 Å². The molecule has 1 fully saturated rings. The number of nitrogens with one attached hydrogen (secondary N) is 1. The van der Waals surface area contributed by atoms with Crippen LogP contribution in [-0.2, 0) is 16.4 Å². The van der Waals surface area contributed by atoms with Crippen LogP contribution in [0.2, 0.25) is 0 Å². The fraction of sp³-hybridized carbons (Fsp3) is 0.296. The largest absolute Gasteiger partial charge is 0.486 e. The zero-order valence-electron chi connectivity index (χ0n) is 20.8. The lowest BCUT2D eigenvalue weighted by molar-refractivity contribution is 0.292. The fourth-order valence-electron chi connectivity index (χ4n) is 4.36.